The van der Waals surface area contributed by atoms with E-state index in [9.17, 15) is 0 Å². The molecular formula is H2AlLiMnO. The van der Waals surface area contributed by atoms with E-state index in [0.717, 1.165) is 0 Å². The summed E-state index contributed by atoms with van der Waals surface area (Å²) in [4.78, 5) is 0. The molecule has 0 aliphatic carbocycles. The summed E-state index contributed by atoms with van der Waals surface area (Å²) in [7, 11) is 0. The van der Waals surface area contributed by atoms with Crippen LogP contribution in [0.5, 0.6) is 0 Å². The van der Waals surface area contributed by atoms with Crippen molar-refractivity contribution in [2.75, 3.05) is 0 Å². The van der Waals surface area contributed by atoms with E-state index >= 15 is 0 Å². The van der Waals surface area contributed by atoms with E-state index in [4.69, 9.17) is 3.80 Å². The Labute approximate surface area is 55.8 Å². The first-order chi connectivity index (χ1) is 1.00. The van der Waals surface area contributed by atoms with E-state index in [-0.39, 0.29) is 35.9 Å². The Morgan fingerprint density at radius 1 is 1.25 bits per heavy atom. The zero-order valence-electron chi connectivity index (χ0n) is 1.49. The van der Waals surface area contributed by atoms with Gasteiger partial charge >= 0.3 is 38.9 Å². The fourth-order valence-corrected chi connectivity index (χ4v) is 0. The van der Waals surface area contributed by atoms with E-state index in [0.29, 0.717) is 16.2 Å². The molecule has 0 rings (SSSR count). The second kappa shape index (κ2) is 25.2. The average molecular weight is 107 g/mol. The van der Waals surface area contributed by atoms with Crippen LogP contribution in [0, 0.1) is 0 Å². The summed E-state index contributed by atoms with van der Waals surface area (Å²) < 4.78 is 8.28. The molecule has 0 atom stereocenters. The van der Waals surface area contributed by atoms with Gasteiger partial charge in [-0.3, -0.25) is 0 Å². The molecule has 0 saturated carbocycles. The Morgan fingerprint density at radius 3 is 1.25 bits per heavy atom. The van der Waals surface area contributed by atoms with Crippen LogP contribution in [0.25, 0.3) is 0 Å². The third kappa shape index (κ3) is 9.85. The fourth-order valence-electron chi connectivity index (χ4n) is 0. The molecule has 0 aliphatic rings. The molecule has 0 aromatic heterocycles. The number of rotatable bonds is 0. The standard InChI is InChI=1S/Al.Li.Mn.O.2H. The molecule has 4 heavy (non-hydrogen) atoms. The minimum atomic E-state index is 0. The van der Waals surface area contributed by atoms with Crippen molar-refractivity contribution in [1.29, 1.82) is 0 Å². The molecule has 0 aliphatic heterocycles. The van der Waals surface area contributed by atoms with Gasteiger partial charge in [-0.05, 0) is 0 Å². The molecule has 19 valence electrons. The van der Waals surface area contributed by atoms with Crippen LogP contribution in [-0.2, 0) is 20.9 Å². The van der Waals surface area contributed by atoms with Gasteiger partial charge in [-0.25, -0.2) is 0 Å². The maximum atomic E-state index is 8.28. The average Bonchev–Trinajstić information content (AvgIpc) is 1.00. The van der Waals surface area contributed by atoms with Crippen molar-refractivity contribution < 1.29 is 20.9 Å². The predicted molar refractivity (Wildman–Crippen MR) is 15.0 cm³/mol. The first kappa shape index (κ1) is 18.0. The molecule has 0 saturated heterocycles. The van der Waals surface area contributed by atoms with E-state index in [1.807, 2.05) is 0 Å². The van der Waals surface area contributed by atoms with Crippen LogP contribution in [0.3, 0.4) is 0 Å². The molecular weight excluding hydrogens is 105 g/mol. The van der Waals surface area contributed by atoms with Gasteiger partial charge in [0.2, 0.25) is 0 Å². The van der Waals surface area contributed by atoms with Gasteiger partial charge in [-0.1, -0.05) is 0 Å². The topological polar surface area (TPSA) is 17.1 Å². The maximum absolute atomic E-state index is 8.28. The summed E-state index contributed by atoms with van der Waals surface area (Å²) in [6.07, 6.45) is 0. The predicted octanol–water partition coefficient (Wildman–Crippen LogP) is -1.42. The van der Waals surface area contributed by atoms with E-state index < -0.39 is 0 Å². The van der Waals surface area contributed by atoms with Crippen molar-refractivity contribution >= 4 is 35.1 Å². The molecule has 0 fully saturated rings. The molecule has 1 radical (unpaired) electrons. The summed E-state index contributed by atoms with van der Waals surface area (Å²) in [5.41, 5.74) is 0. The van der Waals surface area contributed by atoms with Gasteiger partial charge in [-0.2, -0.15) is 0 Å². The Morgan fingerprint density at radius 2 is 1.25 bits per heavy atom. The summed E-state index contributed by atoms with van der Waals surface area (Å²) >= 11 is 0.611. The summed E-state index contributed by atoms with van der Waals surface area (Å²) in [5, 5.41) is 0. The van der Waals surface area contributed by atoms with Crippen LogP contribution in [0.2, 0.25) is 0 Å². The van der Waals surface area contributed by atoms with Gasteiger partial charge in [0, 0.05) is 17.1 Å². The van der Waals surface area contributed by atoms with Crippen LogP contribution >= 0.6 is 0 Å². The summed E-state index contributed by atoms with van der Waals surface area (Å²) in [6, 6.07) is 0. The third-order valence-corrected chi connectivity index (χ3v) is 0. The monoisotopic (exact) mass is 107 g/mol. The fraction of sp³-hybridized carbons (Fsp3) is 0. The zero-order valence-corrected chi connectivity index (χ0v) is 4.09. The second-order valence-corrected chi connectivity index (χ2v) is 0. The van der Waals surface area contributed by atoms with Crippen LogP contribution < -0.4 is 0 Å². The van der Waals surface area contributed by atoms with Gasteiger partial charge in [0.1, 0.15) is 0 Å². The van der Waals surface area contributed by atoms with E-state index in [1.165, 1.54) is 0 Å². The first-order valence-corrected chi connectivity index (χ1v) is 0.866. The van der Waals surface area contributed by atoms with Crippen molar-refractivity contribution in [2.24, 2.45) is 0 Å². The number of hydrogen-bond acceptors (Lipinski definition) is 1. The molecule has 0 spiro atoms. The summed E-state index contributed by atoms with van der Waals surface area (Å²) in [6.45, 7) is 0. The van der Waals surface area contributed by atoms with Crippen molar-refractivity contribution in [2.45, 2.75) is 0 Å². The van der Waals surface area contributed by atoms with Crippen LogP contribution in [0.4, 0.5) is 0 Å². The van der Waals surface area contributed by atoms with E-state index in [1.54, 1.807) is 0 Å². The van der Waals surface area contributed by atoms with Gasteiger partial charge in [0.15, 0.2) is 0 Å². The zero-order chi connectivity index (χ0) is 2.00. The Balaban J connectivity index is -0.00000000500. The molecule has 0 aromatic rings. The molecule has 0 bridgehead atoms. The third-order valence-electron chi connectivity index (χ3n) is 0. The van der Waals surface area contributed by atoms with Gasteiger partial charge < -0.3 is 0 Å². The quantitative estimate of drug-likeness (QED) is 0.347. The Hall–Kier alpha value is 1.45. The van der Waals surface area contributed by atoms with Gasteiger partial charge in [0.05, 0.1) is 0 Å². The van der Waals surface area contributed by atoms with Crippen molar-refractivity contribution in [3.8, 4) is 0 Å². The van der Waals surface area contributed by atoms with Crippen molar-refractivity contribution in [1.82, 2.24) is 0 Å². The van der Waals surface area contributed by atoms with E-state index in [2.05, 4.69) is 0 Å². The van der Waals surface area contributed by atoms with Crippen LogP contribution in [0.15, 0.2) is 0 Å². The molecule has 1 nitrogen and oxygen atoms in total. The number of hydrogen-bond donors (Lipinski definition) is 0. The minimum absolute atomic E-state index is 0. The molecule has 0 aromatic carbocycles. The van der Waals surface area contributed by atoms with Crippen molar-refractivity contribution in [3.63, 3.8) is 0 Å². The Bertz CT molecular complexity index is 8.00. The SMILES string of the molecule is [LiH].[Mn].[O]=[AlH]. The van der Waals surface area contributed by atoms with Crippen molar-refractivity contribution in [3.05, 3.63) is 0 Å². The molecule has 0 unspecified atom stereocenters. The van der Waals surface area contributed by atoms with Crippen LogP contribution in [-0.4, -0.2) is 35.1 Å². The molecule has 0 heterocycles. The van der Waals surface area contributed by atoms with Gasteiger partial charge in [-0.15, -0.1) is 0 Å². The van der Waals surface area contributed by atoms with Crippen LogP contribution in [0.1, 0.15) is 0 Å². The van der Waals surface area contributed by atoms with Gasteiger partial charge in [0.25, 0.3) is 0 Å². The summed E-state index contributed by atoms with van der Waals surface area (Å²) in [5.74, 6) is 0. The first-order valence-electron chi connectivity index (χ1n) is 0.289. The molecule has 0 amide bonds. The Kier molecular flexibility index (Phi) is 113. The normalized spacial score (nSPS) is 0.750. The second-order valence-electron chi connectivity index (χ2n) is 0. The molecule has 0 N–H and O–H groups in total. The molecule has 4 heteroatoms.